The molecule has 28 nitrogen and oxygen atoms in total. The molecule has 0 aliphatic heterocycles. The van der Waals surface area contributed by atoms with E-state index in [9.17, 15) is 120 Å². The fourth-order valence-electron chi connectivity index (χ4n) is 13.7. The molecule has 5 saturated carbocycles. The second-order valence-corrected chi connectivity index (χ2v) is 34.8. The molecular weight excluding hydrogens is 1780 g/mol. The van der Waals surface area contributed by atoms with Gasteiger partial charge in [-0.1, -0.05) is 31.9 Å². The third-order valence-corrected chi connectivity index (χ3v) is 22.3. The van der Waals surface area contributed by atoms with Crippen LogP contribution >= 0.6 is 31.9 Å². The molecule has 0 N–H and O–H groups in total. The first kappa shape index (κ1) is 110. The molecule has 5 rings (SSSR count). The molecule has 0 aromatic heterocycles. The number of halogens is 14. The maximum absolute atomic E-state index is 13.7. The molecule has 10 atom stereocenters. The third kappa shape index (κ3) is 39.0. The second-order valence-electron chi connectivity index (χ2n) is 33.7. The first-order valence-corrected chi connectivity index (χ1v) is 41.3. The maximum Gasteiger partial charge on any atom is 0.434 e. The van der Waals surface area contributed by atoms with Crippen LogP contribution in [0.2, 0.25) is 0 Å². The van der Waals surface area contributed by atoms with Gasteiger partial charge in [0, 0.05) is 26.1 Å². The van der Waals surface area contributed by atoms with Crippen molar-refractivity contribution in [1.29, 1.82) is 0 Å². The third-order valence-electron chi connectivity index (χ3n) is 21.3. The molecule has 0 aromatic carbocycles. The summed E-state index contributed by atoms with van der Waals surface area (Å²) in [5.41, 5.74) is -4.53. The Balaban J connectivity index is 0.000000636. The van der Waals surface area contributed by atoms with E-state index in [0.29, 0.717) is 51.3 Å². The van der Waals surface area contributed by atoms with E-state index in [-0.39, 0.29) is 36.6 Å². The molecule has 696 valence electrons. The van der Waals surface area contributed by atoms with Gasteiger partial charge in [-0.05, 0) is 232 Å². The predicted octanol–water partition coefficient (Wildman–Crippen LogP) is 14.3. The number of carbonyl (C=O) groups is 14. The van der Waals surface area contributed by atoms with Crippen molar-refractivity contribution in [3.63, 3.8) is 0 Å². The number of hydrogen-bond acceptors (Lipinski definition) is 28. The highest BCUT2D eigenvalue weighted by molar-refractivity contribution is 9.09. The number of alkyl halides is 14. The van der Waals surface area contributed by atoms with Crippen molar-refractivity contribution in [3.05, 3.63) is 0 Å². The zero-order chi connectivity index (χ0) is 93.2. The van der Waals surface area contributed by atoms with Gasteiger partial charge >= 0.3 is 96.3 Å². The Hall–Kier alpha value is -6.98. The molecule has 0 bridgehead atoms. The number of ether oxygens (including phenoxy) is 14. The number of hydrogen-bond donors (Lipinski definition) is 0. The molecule has 0 saturated heterocycles. The summed E-state index contributed by atoms with van der Waals surface area (Å²) in [7, 11) is 3.09. The Labute approximate surface area is 711 Å². The molecular formula is C79H114Br2F12O28. The van der Waals surface area contributed by atoms with E-state index >= 15 is 0 Å². The summed E-state index contributed by atoms with van der Waals surface area (Å²) in [6.45, 7) is 19.3. The molecule has 10 unspecified atom stereocenters. The van der Waals surface area contributed by atoms with Crippen molar-refractivity contribution in [2.75, 3.05) is 51.3 Å². The molecule has 0 aromatic rings. The Kier molecular flexibility index (Phi) is 42.6. The van der Waals surface area contributed by atoms with Gasteiger partial charge in [0.25, 0.3) is 6.10 Å². The predicted molar refractivity (Wildman–Crippen MR) is 404 cm³/mol. The minimum absolute atomic E-state index is 0.144. The summed E-state index contributed by atoms with van der Waals surface area (Å²) < 4.78 is 217. The van der Waals surface area contributed by atoms with Crippen LogP contribution in [0.3, 0.4) is 0 Å². The smallest absolute Gasteiger partial charge is 0.434 e. The fraction of sp³-hybridized carbons (Fsp3) is 0.823. The first-order chi connectivity index (χ1) is 55.2. The molecule has 0 amide bonds. The topological polar surface area (TPSA) is 368 Å². The zero-order valence-electron chi connectivity index (χ0n) is 71.0. The van der Waals surface area contributed by atoms with E-state index < -0.39 is 240 Å². The van der Waals surface area contributed by atoms with Crippen molar-refractivity contribution >= 4 is 115 Å². The van der Waals surface area contributed by atoms with Gasteiger partial charge < -0.3 is 66.3 Å². The van der Waals surface area contributed by atoms with Gasteiger partial charge in [0.1, 0.15) is 50.2 Å². The number of esters is 12. The van der Waals surface area contributed by atoms with Crippen molar-refractivity contribution in [1.82, 2.24) is 0 Å². The Morgan fingerprint density at radius 1 is 0.331 bits per heavy atom. The van der Waals surface area contributed by atoms with E-state index in [1.807, 2.05) is 34.6 Å². The molecule has 5 fully saturated rings. The SMILES string of the molecule is CC1(OC(=O)CBr)CCCC1.COC(C)(C)CCC(C)(C)OC(=O)C1CC(C(C)=O)C(C(=O)OCC(=O)OC(C)C(F)(F)F)CC1C(=O)OCC(=O)OC(C)C(F)(F)F.COC(C)(C)CCC(C)(C)OC(=O)C1CC(C(C)=O)C(C(=O)OCC(=O)OC2(C)CCCC2)CC1C(=O)OCC(=O)OC1(C)CCCC1.O=C(CBr)OC(C(F)(F)F)C(F)(F)F. The molecule has 121 heavy (non-hydrogen) atoms. The minimum Gasteiger partial charge on any atom is -0.459 e. The van der Waals surface area contributed by atoms with Gasteiger partial charge in [-0.15, -0.1) is 0 Å². The quantitative estimate of drug-likeness (QED) is 0.0250. The summed E-state index contributed by atoms with van der Waals surface area (Å²) in [5, 5.41) is -0.432. The van der Waals surface area contributed by atoms with Gasteiger partial charge in [-0.25, -0.2) is 19.2 Å². The average Bonchev–Trinajstić information content (AvgIpc) is 1.12. The summed E-state index contributed by atoms with van der Waals surface area (Å²) in [6.07, 6.45) is -19.1. The summed E-state index contributed by atoms with van der Waals surface area (Å²) in [6, 6.07) is 0. The van der Waals surface area contributed by atoms with Crippen LogP contribution < -0.4 is 0 Å². The zero-order valence-corrected chi connectivity index (χ0v) is 74.1. The van der Waals surface area contributed by atoms with Crippen molar-refractivity contribution < 1.29 is 186 Å². The van der Waals surface area contributed by atoms with Crippen LogP contribution in [-0.4, -0.2) is 217 Å². The van der Waals surface area contributed by atoms with Crippen molar-refractivity contribution in [3.8, 4) is 0 Å². The van der Waals surface area contributed by atoms with E-state index in [0.717, 1.165) is 58.3 Å². The lowest BCUT2D eigenvalue weighted by Crippen LogP contribution is -2.47. The van der Waals surface area contributed by atoms with Crippen LogP contribution in [0.5, 0.6) is 0 Å². The maximum atomic E-state index is 13.7. The monoisotopic (exact) mass is 1900 g/mol. The molecule has 5 aliphatic rings. The van der Waals surface area contributed by atoms with Crippen LogP contribution in [0.4, 0.5) is 52.7 Å². The molecule has 0 radical (unpaired) electrons. The average molecular weight is 1900 g/mol. The van der Waals surface area contributed by atoms with Crippen LogP contribution in [0, 0.1) is 47.3 Å². The first-order valence-electron chi connectivity index (χ1n) is 39.1. The second kappa shape index (κ2) is 46.8. The van der Waals surface area contributed by atoms with Crippen LogP contribution in [0.1, 0.15) is 232 Å². The minimum atomic E-state index is -5.66. The van der Waals surface area contributed by atoms with Gasteiger partial charge in [0.2, 0.25) is 0 Å². The fourth-order valence-corrected chi connectivity index (χ4v) is 13.9. The summed E-state index contributed by atoms with van der Waals surface area (Å²) >= 11 is 5.44. The highest BCUT2D eigenvalue weighted by Crippen LogP contribution is 2.45. The summed E-state index contributed by atoms with van der Waals surface area (Å²) in [5.74, 6) is -23.9. The Morgan fingerprint density at radius 2 is 0.562 bits per heavy atom. The van der Waals surface area contributed by atoms with Gasteiger partial charge in [0.05, 0.1) is 46.7 Å². The molecule has 0 spiro atoms. The number of carbonyl (C=O) groups excluding carboxylic acids is 14. The standard InChI is InChI=1S/C36H56O12.C30H42F6O12.C8H13BrO2.C5H3BrF6O2/c1-23(37)24-19-27(32(42)48-34(4,5)18-17-33(2,3)43-8)26(31(41)45-22-29(39)47-36(7)15-11-12-16-36)20-25(24)30(40)44-21-28(38)46-35(6)13-9-10-14-35;1-15(37)18-11-21(26(42)48-28(6,7)10-9-27(4,5)43-8)20(25(41)45-14-23(39)47-17(3)30(34,35)36)12-19(18)24(40)44-13-22(38)46-16(2)29(31,32)33;1-8(4-2-3-5-8)11-7(10)6-9;6-1-2(13)14-3(4(7,8)9)5(10,11)12/h24-27H,9-22H2,1-8H3;16-21H,9-14H2,1-8H3;2-6H2,1H3;3H,1H2. The van der Waals surface area contributed by atoms with Crippen molar-refractivity contribution in [2.24, 2.45) is 47.3 Å². The van der Waals surface area contributed by atoms with Gasteiger partial charge in [0.15, 0.2) is 38.6 Å². The van der Waals surface area contributed by atoms with Crippen LogP contribution in [0.15, 0.2) is 0 Å². The largest absolute Gasteiger partial charge is 0.459 e. The Morgan fingerprint density at radius 3 is 0.802 bits per heavy atom. The van der Waals surface area contributed by atoms with E-state index in [1.54, 1.807) is 48.7 Å². The van der Waals surface area contributed by atoms with Gasteiger partial charge in [-0.2, -0.15) is 52.7 Å². The molecule has 0 heterocycles. The van der Waals surface area contributed by atoms with Crippen LogP contribution in [0.25, 0.3) is 0 Å². The van der Waals surface area contributed by atoms with E-state index in [2.05, 4.69) is 46.1 Å². The highest BCUT2D eigenvalue weighted by atomic mass is 79.9. The van der Waals surface area contributed by atoms with E-state index in [1.165, 1.54) is 26.9 Å². The van der Waals surface area contributed by atoms with Crippen LogP contribution in [-0.2, 0) is 133 Å². The number of ketones is 2. The van der Waals surface area contributed by atoms with Gasteiger partial charge in [-0.3, -0.25) is 47.9 Å². The lowest BCUT2D eigenvalue weighted by atomic mass is 9.67. The molecule has 5 aliphatic carbocycles. The number of Topliss-reactive ketones (excluding diaryl/α,β-unsaturated/α-hetero) is 2. The normalized spacial score (nSPS) is 22.0. The lowest BCUT2D eigenvalue weighted by molar-refractivity contribution is -0.312. The highest BCUT2D eigenvalue weighted by Gasteiger charge is 2.60. The van der Waals surface area contributed by atoms with E-state index in [4.69, 9.17) is 52.1 Å². The van der Waals surface area contributed by atoms with Crippen molar-refractivity contribution in [2.45, 2.75) is 314 Å². The Bertz CT molecular complexity index is 3490. The summed E-state index contributed by atoms with van der Waals surface area (Å²) in [4.78, 5) is 176. The molecule has 42 heteroatoms. The number of rotatable bonds is 34. The lowest BCUT2D eigenvalue weighted by Gasteiger charge is -2.38. The number of methoxy groups -OCH3 is 2.